The van der Waals surface area contributed by atoms with Crippen molar-refractivity contribution in [3.63, 3.8) is 0 Å². The van der Waals surface area contributed by atoms with Crippen LogP contribution in [0.1, 0.15) is 18.3 Å². The molecule has 8 heteroatoms. The Kier molecular flexibility index (Phi) is 4.89. The average molecular weight is 386 g/mol. The Labute approximate surface area is 162 Å². The number of fused-ring (bicyclic) bond motifs is 1. The van der Waals surface area contributed by atoms with Crippen LogP contribution in [0.3, 0.4) is 0 Å². The Morgan fingerprint density at radius 3 is 2.79 bits per heavy atom. The Morgan fingerprint density at radius 1 is 1.29 bits per heavy atom. The molecule has 1 aromatic carbocycles. The third-order valence-electron chi connectivity index (χ3n) is 5.38. The predicted molar refractivity (Wildman–Crippen MR) is 103 cm³/mol. The van der Waals surface area contributed by atoms with Crippen LogP contribution < -0.4 is 15.4 Å². The van der Waals surface area contributed by atoms with Gasteiger partial charge in [0.25, 0.3) is 5.56 Å². The van der Waals surface area contributed by atoms with Crippen molar-refractivity contribution in [2.75, 3.05) is 36.1 Å². The molecule has 2 aliphatic heterocycles. The molecule has 2 aliphatic rings. The quantitative estimate of drug-likeness (QED) is 0.795. The van der Waals surface area contributed by atoms with Gasteiger partial charge in [-0.2, -0.15) is 0 Å². The number of halogens is 1. The summed E-state index contributed by atoms with van der Waals surface area (Å²) >= 11 is 0. The first kappa shape index (κ1) is 18.6. The Bertz CT molecular complexity index is 968. The highest BCUT2D eigenvalue weighted by atomic mass is 19.1. The molecule has 1 fully saturated rings. The van der Waals surface area contributed by atoms with E-state index in [9.17, 15) is 14.0 Å². The number of hydrogen-bond acceptors (Lipinski definition) is 5. The van der Waals surface area contributed by atoms with E-state index in [4.69, 9.17) is 4.74 Å². The van der Waals surface area contributed by atoms with Gasteiger partial charge in [0, 0.05) is 37.9 Å². The van der Waals surface area contributed by atoms with Crippen molar-refractivity contribution in [2.45, 2.75) is 25.8 Å². The fourth-order valence-electron chi connectivity index (χ4n) is 3.89. The highest BCUT2D eigenvalue weighted by Gasteiger charge is 2.31. The van der Waals surface area contributed by atoms with Crippen molar-refractivity contribution >= 4 is 17.4 Å². The maximum Gasteiger partial charge on any atom is 0.255 e. The topological polar surface area (TPSA) is 67.7 Å². The molecule has 4 rings (SSSR count). The van der Waals surface area contributed by atoms with Gasteiger partial charge in [0.05, 0.1) is 19.6 Å². The minimum absolute atomic E-state index is 0.00504. The maximum atomic E-state index is 13.5. The van der Waals surface area contributed by atoms with Crippen molar-refractivity contribution in [1.82, 2.24) is 9.55 Å². The van der Waals surface area contributed by atoms with Crippen molar-refractivity contribution in [1.29, 1.82) is 0 Å². The van der Waals surface area contributed by atoms with E-state index in [1.54, 1.807) is 18.0 Å². The number of carbonyl (C=O) groups is 1. The van der Waals surface area contributed by atoms with Crippen LogP contribution in [0.4, 0.5) is 15.9 Å². The van der Waals surface area contributed by atoms with Gasteiger partial charge in [-0.3, -0.25) is 14.2 Å². The third-order valence-corrected chi connectivity index (χ3v) is 5.38. The van der Waals surface area contributed by atoms with Crippen LogP contribution in [0, 0.1) is 5.82 Å². The molecule has 1 amide bonds. The molecule has 0 saturated carbocycles. The first-order chi connectivity index (χ1) is 13.4. The van der Waals surface area contributed by atoms with Crippen LogP contribution in [0.2, 0.25) is 0 Å². The number of rotatable bonds is 3. The molecule has 148 valence electrons. The second kappa shape index (κ2) is 7.35. The lowest BCUT2D eigenvalue weighted by molar-refractivity contribution is -0.118. The lowest BCUT2D eigenvalue weighted by atomic mass is 10.1. The lowest BCUT2D eigenvalue weighted by Crippen LogP contribution is -2.40. The molecule has 2 aromatic rings. The molecule has 3 heterocycles. The number of ether oxygens (including phenoxy) is 1. The summed E-state index contributed by atoms with van der Waals surface area (Å²) in [5.41, 5.74) is 1.36. The third kappa shape index (κ3) is 3.40. The van der Waals surface area contributed by atoms with Gasteiger partial charge in [-0.15, -0.1) is 0 Å². The van der Waals surface area contributed by atoms with E-state index in [-0.39, 0.29) is 29.7 Å². The van der Waals surface area contributed by atoms with Crippen LogP contribution >= 0.6 is 0 Å². The highest BCUT2D eigenvalue weighted by Crippen LogP contribution is 2.33. The Balaban J connectivity index is 1.61. The molecule has 0 bridgehead atoms. The molecule has 28 heavy (non-hydrogen) atoms. The van der Waals surface area contributed by atoms with Crippen LogP contribution in [-0.2, 0) is 29.4 Å². The van der Waals surface area contributed by atoms with E-state index in [1.165, 1.54) is 22.8 Å². The van der Waals surface area contributed by atoms with Gasteiger partial charge in [0.2, 0.25) is 5.91 Å². The minimum Gasteiger partial charge on any atom is -0.378 e. The summed E-state index contributed by atoms with van der Waals surface area (Å²) in [5.74, 6) is 0.537. The largest absolute Gasteiger partial charge is 0.378 e. The molecule has 0 spiro atoms. The molecule has 0 unspecified atom stereocenters. The number of carbonyl (C=O) groups excluding carboxylic acids is 1. The molecular weight excluding hydrogens is 363 g/mol. The summed E-state index contributed by atoms with van der Waals surface area (Å²) in [6.07, 6.45) is 0.615. The zero-order valence-electron chi connectivity index (χ0n) is 16.0. The van der Waals surface area contributed by atoms with Crippen LogP contribution in [0.5, 0.6) is 0 Å². The highest BCUT2D eigenvalue weighted by molar-refractivity contribution is 5.97. The SMILES string of the molecule is C[C@H]1Cc2cc(F)ccc2N1C(=O)Cc1nc(N2CCOCC2)cc(=O)n1C. The number of aromatic nitrogens is 2. The van der Waals surface area contributed by atoms with Gasteiger partial charge in [-0.1, -0.05) is 0 Å². The normalized spacial score (nSPS) is 19.0. The molecule has 0 radical (unpaired) electrons. The fraction of sp³-hybridized carbons (Fsp3) is 0.450. The Hall–Kier alpha value is -2.74. The number of anilines is 2. The van der Waals surface area contributed by atoms with Crippen molar-refractivity contribution in [3.05, 3.63) is 51.8 Å². The summed E-state index contributed by atoms with van der Waals surface area (Å²) in [5, 5.41) is 0. The molecule has 0 aliphatic carbocycles. The van der Waals surface area contributed by atoms with Gasteiger partial charge >= 0.3 is 0 Å². The zero-order valence-corrected chi connectivity index (χ0v) is 16.0. The standard InChI is InChI=1S/C20H23FN4O3/c1-13-9-14-10-15(21)3-4-16(14)25(13)20(27)11-17-22-18(12-19(26)23(17)2)24-5-7-28-8-6-24/h3-4,10,12-13H,5-9,11H2,1-2H3/t13-/m0/s1. The zero-order chi connectivity index (χ0) is 19.8. The van der Waals surface area contributed by atoms with Gasteiger partial charge in [-0.25, -0.2) is 9.37 Å². The van der Waals surface area contributed by atoms with Gasteiger partial charge < -0.3 is 14.5 Å². The van der Waals surface area contributed by atoms with E-state index in [0.717, 1.165) is 11.3 Å². The van der Waals surface area contributed by atoms with E-state index in [1.807, 2.05) is 11.8 Å². The summed E-state index contributed by atoms with van der Waals surface area (Å²) in [7, 11) is 1.62. The second-order valence-corrected chi connectivity index (χ2v) is 7.29. The Morgan fingerprint density at radius 2 is 2.04 bits per heavy atom. The second-order valence-electron chi connectivity index (χ2n) is 7.29. The van der Waals surface area contributed by atoms with Crippen LogP contribution in [0.25, 0.3) is 0 Å². The molecular formula is C20H23FN4O3. The molecule has 7 nitrogen and oxygen atoms in total. The summed E-state index contributed by atoms with van der Waals surface area (Å²) in [6, 6.07) is 5.92. The molecule has 0 N–H and O–H groups in total. The predicted octanol–water partition coefficient (Wildman–Crippen LogP) is 1.28. The van der Waals surface area contributed by atoms with E-state index in [0.29, 0.717) is 44.4 Å². The smallest absolute Gasteiger partial charge is 0.255 e. The van der Waals surface area contributed by atoms with Crippen molar-refractivity contribution < 1.29 is 13.9 Å². The van der Waals surface area contributed by atoms with Crippen LogP contribution in [-0.4, -0.2) is 47.8 Å². The number of nitrogens with zero attached hydrogens (tertiary/aromatic N) is 4. The average Bonchev–Trinajstić information content (AvgIpc) is 3.00. The van der Waals surface area contributed by atoms with Gasteiger partial charge in [-0.05, 0) is 37.1 Å². The first-order valence-electron chi connectivity index (χ1n) is 9.44. The minimum atomic E-state index is -0.303. The fourth-order valence-corrected chi connectivity index (χ4v) is 3.89. The van der Waals surface area contributed by atoms with Crippen molar-refractivity contribution in [2.24, 2.45) is 7.05 Å². The van der Waals surface area contributed by atoms with Gasteiger partial charge in [0.15, 0.2) is 0 Å². The summed E-state index contributed by atoms with van der Waals surface area (Å²) < 4.78 is 20.3. The molecule has 1 atom stereocenters. The van der Waals surface area contributed by atoms with Crippen molar-refractivity contribution in [3.8, 4) is 0 Å². The number of benzene rings is 1. The number of amides is 1. The molecule has 1 aromatic heterocycles. The number of morpholine rings is 1. The van der Waals surface area contributed by atoms with E-state index < -0.39 is 0 Å². The van der Waals surface area contributed by atoms with E-state index >= 15 is 0 Å². The maximum absolute atomic E-state index is 13.5. The van der Waals surface area contributed by atoms with Gasteiger partial charge in [0.1, 0.15) is 17.5 Å². The number of hydrogen-bond donors (Lipinski definition) is 0. The monoisotopic (exact) mass is 386 g/mol. The summed E-state index contributed by atoms with van der Waals surface area (Å²) in [6.45, 7) is 4.44. The first-order valence-corrected chi connectivity index (χ1v) is 9.44. The molecule has 1 saturated heterocycles. The summed E-state index contributed by atoms with van der Waals surface area (Å²) in [4.78, 5) is 33.7. The van der Waals surface area contributed by atoms with E-state index in [2.05, 4.69) is 4.98 Å². The van der Waals surface area contributed by atoms with Crippen LogP contribution in [0.15, 0.2) is 29.1 Å². The lowest BCUT2D eigenvalue weighted by Gasteiger charge is -2.28.